The van der Waals surface area contributed by atoms with Crippen molar-refractivity contribution >= 4 is 21.6 Å². The zero-order valence-electron chi connectivity index (χ0n) is 18.6. The predicted molar refractivity (Wildman–Crippen MR) is 121 cm³/mol. The SMILES string of the molecule is CC[C@@H](C(=O)NCc1ccc(OC(C)C)cc1)N(c1ccc(C)c(C)c1)S(C)(=O)=O. The quantitative estimate of drug-likeness (QED) is 0.651. The number of nitrogens with zero attached hydrogens (tertiary/aromatic N) is 1. The molecule has 0 aliphatic carbocycles. The highest BCUT2D eigenvalue weighted by molar-refractivity contribution is 7.92. The minimum Gasteiger partial charge on any atom is -0.491 e. The van der Waals surface area contributed by atoms with Crippen molar-refractivity contribution in [2.45, 2.75) is 59.7 Å². The monoisotopic (exact) mass is 432 g/mol. The van der Waals surface area contributed by atoms with E-state index in [1.54, 1.807) is 12.1 Å². The van der Waals surface area contributed by atoms with Crippen molar-refractivity contribution in [3.8, 4) is 5.75 Å². The predicted octanol–water partition coefficient (Wildman–Crippen LogP) is 3.95. The first-order valence-corrected chi connectivity index (χ1v) is 12.0. The average molecular weight is 433 g/mol. The molecule has 2 rings (SSSR count). The van der Waals surface area contributed by atoms with Gasteiger partial charge in [-0.05, 0) is 75.1 Å². The van der Waals surface area contributed by atoms with Crippen LogP contribution in [-0.2, 0) is 21.4 Å². The smallest absolute Gasteiger partial charge is 0.244 e. The van der Waals surface area contributed by atoms with Crippen LogP contribution in [0.3, 0.4) is 0 Å². The highest BCUT2D eigenvalue weighted by Gasteiger charge is 2.31. The first-order chi connectivity index (χ1) is 14.0. The molecule has 0 spiro atoms. The highest BCUT2D eigenvalue weighted by Crippen LogP contribution is 2.25. The number of anilines is 1. The molecule has 0 heterocycles. The summed E-state index contributed by atoms with van der Waals surface area (Å²) in [5.41, 5.74) is 3.44. The van der Waals surface area contributed by atoms with Gasteiger partial charge in [-0.3, -0.25) is 9.10 Å². The molecule has 0 bridgehead atoms. The van der Waals surface area contributed by atoms with Crippen LogP contribution >= 0.6 is 0 Å². The second kappa shape index (κ2) is 9.98. The van der Waals surface area contributed by atoms with E-state index in [1.165, 1.54) is 4.31 Å². The molecule has 0 radical (unpaired) electrons. The standard InChI is InChI=1S/C23H32N2O4S/c1-7-22(25(30(6,27)28)20-11-8-17(4)18(5)14-20)23(26)24-15-19-9-12-21(13-10-19)29-16(2)3/h8-14,16,22H,7,15H2,1-6H3,(H,24,26)/t22-/m0/s1. The van der Waals surface area contributed by atoms with E-state index < -0.39 is 16.1 Å². The Morgan fingerprint density at radius 3 is 2.20 bits per heavy atom. The lowest BCUT2D eigenvalue weighted by Gasteiger charge is -2.30. The van der Waals surface area contributed by atoms with Crippen molar-refractivity contribution in [2.24, 2.45) is 0 Å². The molecule has 2 aromatic rings. The largest absolute Gasteiger partial charge is 0.491 e. The van der Waals surface area contributed by atoms with E-state index >= 15 is 0 Å². The fourth-order valence-corrected chi connectivity index (χ4v) is 4.39. The van der Waals surface area contributed by atoms with Crippen LogP contribution in [0.1, 0.15) is 43.9 Å². The van der Waals surface area contributed by atoms with Crippen molar-refractivity contribution in [3.63, 3.8) is 0 Å². The van der Waals surface area contributed by atoms with Crippen molar-refractivity contribution < 1.29 is 17.9 Å². The van der Waals surface area contributed by atoms with Crippen LogP contribution < -0.4 is 14.4 Å². The van der Waals surface area contributed by atoms with Gasteiger partial charge >= 0.3 is 0 Å². The fourth-order valence-electron chi connectivity index (χ4n) is 3.19. The Bertz CT molecular complexity index is 969. The summed E-state index contributed by atoms with van der Waals surface area (Å²) in [7, 11) is -3.65. The number of hydrogen-bond acceptors (Lipinski definition) is 4. The van der Waals surface area contributed by atoms with Crippen LogP contribution in [-0.4, -0.2) is 32.7 Å². The van der Waals surface area contributed by atoms with Gasteiger partial charge in [0.25, 0.3) is 0 Å². The van der Waals surface area contributed by atoms with Crippen molar-refractivity contribution in [1.29, 1.82) is 0 Å². The van der Waals surface area contributed by atoms with E-state index in [1.807, 2.05) is 65.0 Å². The van der Waals surface area contributed by atoms with Gasteiger partial charge in [0.2, 0.25) is 15.9 Å². The van der Waals surface area contributed by atoms with E-state index in [-0.39, 0.29) is 12.0 Å². The summed E-state index contributed by atoms with van der Waals surface area (Å²) in [6.07, 6.45) is 1.58. The summed E-state index contributed by atoms with van der Waals surface area (Å²) in [4.78, 5) is 12.9. The molecule has 1 atom stereocenters. The maximum Gasteiger partial charge on any atom is 0.244 e. The number of nitrogens with one attached hydrogen (secondary N) is 1. The molecule has 0 saturated heterocycles. The van der Waals surface area contributed by atoms with E-state index in [0.717, 1.165) is 28.7 Å². The van der Waals surface area contributed by atoms with Crippen LogP contribution in [0.4, 0.5) is 5.69 Å². The van der Waals surface area contributed by atoms with E-state index in [4.69, 9.17) is 4.74 Å². The molecule has 7 heteroatoms. The molecule has 0 aliphatic heterocycles. The Balaban J connectivity index is 2.18. The number of amides is 1. The van der Waals surface area contributed by atoms with Crippen LogP contribution in [0.15, 0.2) is 42.5 Å². The minimum absolute atomic E-state index is 0.0910. The summed E-state index contributed by atoms with van der Waals surface area (Å²) < 4.78 is 32.0. The Kier molecular flexibility index (Phi) is 7.89. The van der Waals surface area contributed by atoms with Gasteiger partial charge in [-0.1, -0.05) is 25.1 Å². The molecule has 0 saturated carbocycles. The molecule has 1 N–H and O–H groups in total. The van der Waals surface area contributed by atoms with Gasteiger partial charge in [0, 0.05) is 6.54 Å². The van der Waals surface area contributed by atoms with Gasteiger partial charge in [-0.2, -0.15) is 0 Å². The van der Waals surface area contributed by atoms with E-state index in [0.29, 0.717) is 18.7 Å². The maximum absolute atomic E-state index is 12.9. The first-order valence-electron chi connectivity index (χ1n) is 10.1. The third-order valence-corrected chi connectivity index (χ3v) is 6.02. The molecule has 164 valence electrons. The zero-order valence-corrected chi connectivity index (χ0v) is 19.4. The van der Waals surface area contributed by atoms with Gasteiger partial charge in [-0.15, -0.1) is 0 Å². The molecule has 30 heavy (non-hydrogen) atoms. The number of hydrogen-bond donors (Lipinski definition) is 1. The summed E-state index contributed by atoms with van der Waals surface area (Å²) in [6, 6.07) is 12.1. The number of carbonyl (C=O) groups is 1. The lowest BCUT2D eigenvalue weighted by Crippen LogP contribution is -2.49. The number of ether oxygens (including phenoxy) is 1. The van der Waals surface area contributed by atoms with Crippen LogP contribution in [0.25, 0.3) is 0 Å². The van der Waals surface area contributed by atoms with Crippen LogP contribution in [0.2, 0.25) is 0 Å². The Morgan fingerprint density at radius 2 is 1.70 bits per heavy atom. The topological polar surface area (TPSA) is 75.7 Å². The number of benzene rings is 2. The molecule has 0 aliphatic rings. The minimum atomic E-state index is -3.65. The number of aryl methyl sites for hydroxylation is 2. The summed E-state index contributed by atoms with van der Waals surface area (Å²) >= 11 is 0. The number of carbonyl (C=O) groups excluding carboxylic acids is 1. The molecular formula is C23H32N2O4S. The van der Waals surface area contributed by atoms with Crippen molar-refractivity contribution in [1.82, 2.24) is 5.32 Å². The lowest BCUT2D eigenvalue weighted by atomic mass is 10.1. The van der Waals surface area contributed by atoms with Gasteiger partial charge in [0.15, 0.2) is 0 Å². The van der Waals surface area contributed by atoms with Crippen LogP contribution in [0, 0.1) is 13.8 Å². The second-order valence-electron chi connectivity index (χ2n) is 7.78. The zero-order chi connectivity index (χ0) is 22.5. The van der Waals surface area contributed by atoms with E-state index in [2.05, 4.69) is 5.32 Å². The number of sulfonamides is 1. The molecule has 0 unspecified atom stereocenters. The summed E-state index contributed by atoms with van der Waals surface area (Å²) in [5, 5.41) is 2.87. The first kappa shape index (κ1) is 23.7. The third kappa shape index (κ3) is 6.23. The van der Waals surface area contributed by atoms with Crippen LogP contribution in [0.5, 0.6) is 5.75 Å². The lowest BCUT2D eigenvalue weighted by molar-refractivity contribution is -0.122. The maximum atomic E-state index is 12.9. The van der Waals surface area contributed by atoms with Crippen molar-refractivity contribution in [3.05, 3.63) is 59.2 Å². The normalized spacial score (nSPS) is 12.5. The fraction of sp³-hybridized carbons (Fsp3) is 0.435. The van der Waals surface area contributed by atoms with Gasteiger partial charge in [0.1, 0.15) is 11.8 Å². The molecule has 0 aromatic heterocycles. The Hall–Kier alpha value is -2.54. The molecule has 0 fully saturated rings. The number of rotatable bonds is 9. The van der Waals surface area contributed by atoms with Gasteiger partial charge in [-0.25, -0.2) is 8.42 Å². The second-order valence-corrected chi connectivity index (χ2v) is 9.64. The Labute approximate surface area is 180 Å². The van der Waals surface area contributed by atoms with Gasteiger partial charge < -0.3 is 10.1 Å². The third-order valence-electron chi connectivity index (χ3n) is 4.84. The molecule has 2 aromatic carbocycles. The molecular weight excluding hydrogens is 400 g/mol. The average Bonchev–Trinajstić information content (AvgIpc) is 2.66. The van der Waals surface area contributed by atoms with Gasteiger partial charge in [0.05, 0.1) is 18.0 Å². The van der Waals surface area contributed by atoms with Crippen molar-refractivity contribution in [2.75, 3.05) is 10.6 Å². The van der Waals surface area contributed by atoms with E-state index in [9.17, 15) is 13.2 Å². The summed E-state index contributed by atoms with van der Waals surface area (Å²) in [5.74, 6) is 0.438. The molecule has 1 amide bonds. The molecule has 6 nitrogen and oxygen atoms in total. The summed E-state index contributed by atoms with van der Waals surface area (Å²) in [6.45, 7) is 9.92. The highest BCUT2D eigenvalue weighted by atomic mass is 32.2. The Morgan fingerprint density at radius 1 is 1.07 bits per heavy atom.